The third-order valence-electron chi connectivity index (χ3n) is 7.12. The van der Waals surface area contributed by atoms with E-state index in [0.29, 0.717) is 60.6 Å². The van der Waals surface area contributed by atoms with E-state index in [1.165, 1.54) is 6.07 Å². The molecule has 0 atom stereocenters. The molecule has 0 saturated heterocycles. The van der Waals surface area contributed by atoms with Crippen LogP contribution in [0.25, 0.3) is 0 Å². The molecule has 0 amide bonds. The summed E-state index contributed by atoms with van der Waals surface area (Å²) < 4.78 is 5.31. The number of ether oxygens (including phenoxy) is 1. The molecule has 5 nitrogen and oxygen atoms in total. The summed E-state index contributed by atoms with van der Waals surface area (Å²) in [5.74, 6) is -0.787. The fraction of sp³-hybridized carbons (Fsp3) is 0.556. The van der Waals surface area contributed by atoms with Gasteiger partial charge in [-0.2, -0.15) is 0 Å². The molecule has 7 heteroatoms. The van der Waals surface area contributed by atoms with Gasteiger partial charge in [-0.1, -0.05) is 50.9 Å². The first-order valence-corrected chi connectivity index (χ1v) is 12.6. The van der Waals surface area contributed by atoms with Gasteiger partial charge >= 0.3 is 0 Å². The highest BCUT2D eigenvalue weighted by Crippen LogP contribution is 2.56. The lowest BCUT2D eigenvalue weighted by Gasteiger charge is -2.49. The fourth-order valence-corrected chi connectivity index (χ4v) is 6.31. The second-order valence-electron chi connectivity index (χ2n) is 11.4. The minimum Gasteiger partial charge on any atom is -0.506 e. The number of phenolic OH excluding ortho intramolecular Hbond substituents is 1. The Kier molecular flexibility index (Phi) is 6.69. The van der Waals surface area contributed by atoms with Crippen molar-refractivity contribution in [3.63, 3.8) is 0 Å². The molecule has 3 aliphatic rings. The van der Waals surface area contributed by atoms with Crippen LogP contribution in [0.2, 0.25) is 10.0 Å². The van der Waals surface area contributed by atoms with Crippen molar-refractivity contribution in [2.24, 2.45) is 10.8 Å². The van der Waals surface area contributed by atoms with Gasteiger partial charge in [0.1, 0.15) is 5.75 Å². The van der Waals surface area contributed by atoms with Gasteiger partial charge in [-0.05, 0) is 42.2 Å². The summed E-state index contributed by atoms with van der Waals surface area (Å²) in [6.45, 7) is 9.65. The number of Topliss-reactive ketones (excluding diaryl/α,β-unsaturated/α-hetero) is 2. The standard InChI is InChI=1S/C27H33Cl2NO4/c1-26(2)11-18-23(20(31)13-26)22(16-9-15(28)10-17(29)25(16)33)24-19(30(18)7-6-8-34-5)12-27(3,4)14-21(24)32/h9-10,22,33H,6-8,11-14H2,1-5H3. The molecule has 1 aromatic carbocycles. The summed E-state index contributed by atoms with van der Waals surface area (Å²) in [5, 5.41) is 11.5. The van der Waals surface area contributed by atoms with Crippen molar-refractivity contribution >= 4 is 34.8 Å². The maximum Gasteiger partial charge on any atom is 0.162 e. The Morgan fingerprint density at radius 1 is 0.971 bits per heavy atom. The summed E-state index contributed by atoms with van der Waals surface area (Å²) in [4.78, 5) is 29.6. The van der Waals surface area contributed by atoms with Gasteiger partial charge < -0.3 is 14.7 Å². The quantitative estimate of drug-likeness (QED) is 0.467. The summed E-state index contributed by atoms with van der Waals surface area (Å²) >= 11 is 12.7. The predicted molar refractivity (Wildman–Crippen MR) is 134 cm³/mol. The zero-order chi connectivity index (χ0) is 25.0. The average Bonchev–Trinajstić information content (AvgIpc) is 2.69. The highest BCUT2D eigenvalue weighted by Gasteiger charge is 2.49. The number of halogens is 2. The van der Waals surface area contributed by atoms with Crippen molar-refractivity contribution < 1.29 is 19.4 Å². The van der Waals surface area contributed by atoms with Crippen molar-refractivity contribution in [1.29, 1.82) is 0 Å². The lowest BCUT2D eigenvalue weighted by atomic mass is 9.63. The molecule has 34 heavy (non-hydrogen) atoms. The molecule has 0 unspecified atom stereocenters. The summed E-state index contributed by atoms with van der Waals surface area (Å²) in [5.41, 5.74) is 3.09. The maximum absolute atomic E-state index is 13.7. The van der Waals surface area contributed by atoms with E-state index >= 15 is 0 Å². The molecule has 184 valence electrons. The Labute approximate surface area is 211 Å². The van der Waals surface area contributed by atoms with Crippen LogP contribution in [0.1, 0.15) is 71.3 Å². The van der Waals surface area contributed by atoms with E-state index in [4.69, 9.17) is 27.9 Å². The van der Waals surface area contributed by atoms with Gasteiger partial charge in [0, 0.05) is 72.1 Å². The number of aromatic hydroxyl groups is 1. The van der Waals surface area contributed by atoms with Crippen LogP contribution in [0, 0.1) is 10.8 Å². The number of allylic oxidation sites excluding steroid dienone is 4. The van der Waals surface area contributed by atoms with Crippen LogP contribution in [0.3, 0.4) is 0 Å². The zero-order valence-corrected chi connectivity index (χ0v) is 22.1. The summed E-state index contributed by atoms with van der Waals surface area (Å²) in [6.07, 6.45) is 2.94. The highest BCUT2D eigenvalue weighted by molar-refractivity contribution is 6.35. The maximum atomic E-state index is 13.7. The number of phenols is 1. The molecule has 0 aromatic heterocycles. The Morgan fingerprint density at radius 3 is 2.00 bits per heavy atom. The Bertz CT molecular complexity index is 1060. The Balaban J connectivity index is 2.01. The van der Waals surface area contributed by atoms with E-state index in [1.54, 1.807) is 13.2 Å². The van der Waals surface area contributed by atoms with Crippen molar-refractivity contribution in [1.82, 2.24) is 4.90 Å². The number of benzene rings is 1. The van der Waals surface area contributed by atoms with Crippen LogP contribution in [0.4, 0.5) is 0 Å². The SMILES string of the molecule is COCCCN1C2=C(C(=O)CC(C)(C)C2)C(c2cc(Cl)cc(Cl)c2O)C2=C1CC(C)(C)CC2=O. The molecule has 4 rings (SSSR count). The molecule has 1 aromatic rings. The second-order valence-corrected chi connectivity index (χ2v) is 12.2. The van der Waals surface area contributed by atoms with Crippen LogP contribution in [0.5, 0.6) is 5.75 Å². The van der Waals surface area contributed by atoms with Gasteiger partial charge in [0.2, 0.25) is 0 Å². The van der Waals surface area contributed by atoms with Crippen LogP contribution in [-0.2, 0) is 14.3 Å². The third-order valence-corrected chi connectivity index (χ3v) is 7.63. The van der Waals surface area contributed by atoms with Gasteiger partial charge in [-0.15, -0.1) is 0 Å². The molecule has 1 aliphatic heterocycles. The second kappa shape index (κ2) is 9.00. The number of methoxy groups -OCH3 is 1. The molecule has 0 bridgehead atoms. The van der Waals surface area contributed by atoms with E-state index in [1.807, 2.05) is 0 Å². The molecular weight excluding hydrogens is 473 g/mol. The number of carbonyl (C=O) groups is 2. The van der Waals surface area contributed by atoms with Gasteiger partial charge in [0.15, 0.2) is 11.6 Å². The van der Waals surface area contributed by atoms with Gasteiger partial charge in [0.25, 0.3) is 0 Å². The highest BCUT2D eigenvalue weighted by atomic mass is 35.5. The van der Waals surface area contributed by atoms with Crippen molar-refractivity contribution in [3.8, 4) is 5.75 Å². The normalized spacial score (nSPS) is 22.3. The van der Waals surface area contributed by atoms with Crippen molar-refractivity contribution in [2.45, 2.75) is 65.7 Å². The van der Waals surface area contributed by atoms with Crippen molar-refractivity contribution in [3.05, 3.63) is 50.3 Å². The first-order chi connectivity index (χ1) is 15.8. The number of ketones is 2. The molecule has 0 spiro atoms. The largest absolute Gasteiger partial charge is 0.506 e. The predicted octanol–water partition coefficient (Wildman–Crippen LogP) is 6.42. The number of hydrogen-bond acceptors (Lipinski definition) is 5. The van der Waals surface area contributed by atoms with Crippen LogP contribution < -0.4 is 0 Å². The fourth-order valence-electron chi connectivity index (χ4n) is 5.80. The van der Waals surface area contributed by atoms with Gasteiger partial charge in [-0.3, -0.25) is 9.59 Å². The van der Waals surface area contributed by atoms with Crippen LogP contribution in [-0.4, -0.2) is 41.8 Å². The lowest BCUT2D eigenvalue weighted by molar-refractivity contribution is -0.119. The van der Waals surface area contributed by atoms with Crippen molar-refractivity contribution in [2.75, 3.05) is 20.3 Å². The third kappa shape index (κ3) is 4.55. The van der Waals surface area contributed by atoms with E-state index in [0.717, 1.165) is 17.8 Å². The number of nitrogens with zero attached hydrogens (tertiary/aromatic N) is 1. The van der Waals surface area contributed by atoms with E-state index in [2.05, 4.69) is 32.6 Å². The molecule has 2 aliphatic carbocycles. The first-order valence-electron chi connectivity index (χ1n) is 11.8. The van der Waals surface area contributed by atoms with E-state index in [-0.39, 0.29) is 33.2 Å². The molecule has 0 saturated carbocycles. The summed E-state index contributed by atoms with van der Waals surface area (Å²) in [7, 11) is 1.67. The zero-order valence-electron chi connectivity index (χ0n) is 20.6. The monoisotopic (exact) mass is 505 g/mol. The van der Waals surface area contributed by atoms with Gasteiger partial charge in [-0.25, -0.2) is 0 Å². The topological polar surface area (TPSA) is 66.8 Å². The first kappa shape index (κ1) is 25.3. The Hall–Kier alpha value is -1.82. The average molecular weight is 506 g/mol. The molecular formula is C27H33Cl2NO4. The smallest absolute Gasteiger partial charge is 0.162 e. The number of rotatable bonds is 5. The van der Waals surface area contributed by atoms with E-state index in [9.17, 15) is 14.7 Å². The number of carbonyl (C=O) groups excluding carboxylic acids is 2. The van der Waals surface area contributed by atoms with Crippen LogP contribution in [0.15, 0.2) is 34.7 Å². The summed E-state index contributed by atoms with van der Waals surface area (Å²) in [6, 6.07) is 3.12. The van der Waals surface area contributed by atoms with Gasteiger partial charge in [0.05, 0.1) is 5.02 Å². The molecule has 0 radical (unpaired) electrons. The minimum atomic E-state index is -0.674. The van der Waals surface area contributed by atoms with Crippen LogP contribution >= 0.6 is 23.2 Å². The number of hydrogen-bond donors (Lipinski definition) is 1. The molecule has 1 N–H and O–H groups in total. The van der Waals surface area contributed by atoms with E-state index < -0.39 is 5.92 Å². The lowest BCUT2D eigenvalue weighted by Crippen LogP contribution is -2.44. The molecule has 1 heterocycles. The Morgan fingerprint density at radius 2 is 1.50 bits per heavy atom. The minimum absolute atomic E-state index is 0.00710. The molecule has 0 fully saturated rings.